The first kappa shape index (κ1) is 14.2. The Morgan fingerprint density at radius 1 is 1.35 bits per heavy atom. The molecule has 1 aromatic heterocycles. The standard InChI is InChI=1S/C19H20N2O2/c1-12-9-17(22)21(2)11-16(12)20-18(23)15-10-19(15)8-7-13-5-3-4-6-14(13)19/h3-6,9,11,15H,7-8,10H2,1-2H3,(H,20,23)/t15-,19+/m1/s1. The molecule has 4 nitrogen and oxygen atoms in total. The van der Waals surface area contributed by atoms with Gasteiger partial charge in [0.25, 0.3) is 5.56 Å². The number of rotatable bonds is 2. The lowest BCUT2D eigenvalue weighted by atomic mass is 9.95. The van der Waals surface area contributed by atoms with E-state index in [0.29, 0.717) is 0 Å². The number of carbonyl (C=O) groups is 1. The number of anilines is 1. The van der Waals surface area contributed by atoms with Gasteiger partial charge in [0, 0.05) is 30.6 Å². The van der Waals surface area contributed by atoms with Gasteiger partial charge in [-0.15, -0.1) is 0 Å². The summed E-state index contributed by atoms with van der Waals surface area (Å²) in [6, 6.07) is 10.0. The summed E-state index contributed by atoms with van der Waals surface area (Å²) < 4.78 is 1.50. The Labute approximate surface area is 135 Å². The van der Waals surface area contributed by atoms with Crippen LogP contribution < -0.4 is 10.9 Å². The molecule has 0 bridgehead atoms. The molecular formula is C19H20N2O2. The number of hydrogen-bond acceptors (Lipinski definition) is 2. The van der Waals surface area contributed by atoms with Crippen LogP contribution in [0, 0.1) is 12.8 Å². The van der Waals surface area contributed by atoms with Gasteiger partial charge in [0.1, 0.15) is 0 Å². The van der Waals surface area contributed by atoms with Crippen molar-refractivity contribution in [3.8, 4) is 0 Å². The smallest absolute Gasteiger partial charge is 0.250 e. The number of benzene rings is 1. The predicted molar refractivity (Wildman–Crippen MR) is 89.6 cm³/mol. The predicted octanol–water partition coefficient (Wildman–Crippen LogP) is 2.54. The van der Waals surface area contributed by atoms with E-state index in [4.69, 9.17) is 0 Å². The first-order valence-corrected chi connectivity index (χ1v) is 8.08. The van der Waals surface area contributed by atoms with Crippen LogP contribution >= 0.6 is 0 Å². The lowest BCUT2D eigenvalue weighted by Crippen LogP contribution is -2.23. The molecule has 1 N–H and O–H groups in total. The van der Waals surface area contributed by atoms with Crippen molar-refractivity contribution in [3.05, 3.63) is 63.6 Å². The maximum Gasteiger partial charge on any atom is 0.250 e. The molecule has 0 unspecified atom stereocenters. The van der Waals surface area contributed by atoms with Crippen molar-refractivity contribution in [1.82, 2.24) is 4.57 Å². The van der Waals surface area contributed by atoms with E-state index in [9.17, 15) is 9.59 Å². The molecule has 4 rings (SSSR count). The van der Waals surface area contributed by atoms with Crippen molar-refractivity contribution in [1.29, 1.82) is 0 Å². The second-order valence-electron chi connectivity index (χ2n) is 6.88. The molecule has 2 aromatic rings. The van der Waals surface area contributed by atoms with E-state index in [1.165, 1.54) is 15.7 Å². The summed E-state index contributed by atoms with van der Waals surface area (Å²) >= 11 is 0. The number of aromatic nitrogens is 1. The fraction of sp³-hybridized carbons (Fsp3) is 0.368. The highest BCUT2D eigenvalue weighted by molar-refractivity contribution is 5.96. The van der Waals surface area contributed by atoms with E-state index < -0.39 is 0 Å². The molecule has 0 aliphatic heterocycles. The highest BCUT2D eigenvalue weighted by Gasteiger charge is 2.61. The Morgan fingerprint density at radius 2 is 2.13 bits per heavy atom. The zero-order chi connectivity index (χ0) is 16.2. The summed E-state index contributed by atoms with van der Waals surface area (Å²) in [6.45, 7) is 1.85. The third-order valence-corrected chi connectivity index (χ3v) is 5.48. The summed E-state index contributed by atoms with van der Waals surface area (Å²) in [6.07, 6.45) is 4.77. The molecule has 2 aliphatic carbocycles. The van der Waals surface area contributed by atoms with Crippen molar-refractivity contribution in [2.75, 3.05) is 5.32 Å². The van der Waals surface area contributed by atoms with E-state index in [2.05, 4.69) is 29.6 Å². The van der Waals surface area contributed by atoms with Crippen LogP contribution in [-0.4, -0.2) is 10.5 Å². The topological polar surface area (TPSA) is 51.1 Å². The average molecular weight is 308 g/mol. The molecular weight excluding hydrogens is 288 g/mol. The maximum atomic E-state index is 12.7. The van der Waals surface area contributed by atoms with Crippen molar-refractivity contribution in [3.63, 3.8) is 0 Å². The van der Waals surface area contributed by atoms with Crippen LogP contribution in [-0.2, 0) is 23.7 Å². The minimum Gasteiger partial charge on any atom is -0.324 e. The largest absolute Gasteiger partial charge is 0.324 e. The molecule has 1 saturated carbocycles. The van der Waals surface area contributed by atoms with Crippen molar-refractivity contribution >= 4 is 11.6 Å². The van der Waals surface area contributed by atoms with Crippen LogP contribution in [0.4, 0.5) is 5.69 Å². The first-order chi connectivity index (χ1) is 11.0. The molecule has 1 amide bonds. The second-order valence-corrected chi connectivity index (χ2v) is 6.88. The second kappa shape index (κ2) is 4.82. The lowest BCUT2D eigenvalue weighted by Gasteiger charge is -2.13. The quantitative estimate of drug-likeness (QED) is 0.927. The molecule has 4 heteroatoms. The fourth-order valence-corrected chi connectivity index (χ4v) is 4.01. The summed E-state index contributed by atoms with van der Waals surface area (Å²) in [5.74, 6) is 0.117. The highest BCUT2D eigenvalue weighted by Crippen LogP contribution is 2.61. The van der Waals surface area contributed by atoms with Crippen LogP contribution in [0.5, 0.6) is 0 Å². The summed E-state index contributed by atoms with van der Waals surface area (Å²) in [4.78, 5) is 24.3. The van der Waals surface area contributed by atoms with Gasteiger partial charge in [0.05, 0.1) is 5.69 Å². The Kier molecular flexibility index (Phi) is 2.98. The number of nitrogens with one attached hydrogen (secondary N) is 1. The SMILES string of the molecule is Cc1cc(=O)n(C)cc1NC(=O)[C@H]1C[C@]12CCc1ccccc12. The molecule has 1 aromatic carbocycles. The molecule has 23 heavy (non-hydrogen) atoms. The molecule has 2 atom stereocenters. The molecule has 1 spiro atoms. The number of fused-ring (bicyclic) bond motifs is 2. The van der Waals surface area contributed by atoms with Crippen LogP contribution in [0.1, 0.15) is 29.5 Å². The van der Waals surface area contributed by atoms with Gasteiger partial charge >= 0.3 is 0 Å². The Morgan fingerprint density at radius 3 is 2.96 bits per heavy atom. The van der Waals surface area contributed by atoms with Gasteiger partial charge in [-0.25, -0.2) is 0 Å². The molecule has 1 heterocycles. The van der Waals surface area contributed by atoms with Gasteiger partial charge < -0.3 is 9.88 Å². The van der Waals surface area contributed by atoms with Gasteiger partial charge in [-0.1, -0.05) is 24.3 Å². The average Bonchev–Trinajstić information content (AvgIpc) is 3.15. The van der Waals surface area contributed by atoms with Crippen LogP contribution in [0.2, 0.25) is 0 Å². The maximum absolute atomic E-state index is 12.7. The Hall–Kier alpha value is -2.36. The van der Waals surface area contributed by atoms with Crippen molar-refractivity contribution in [2.45, 2.75) is 31.6 Å². The number of carbonyl (C=O) groups excluding carboxylic acids is 1. The number of hydrogen-bond donors (Lipinski definition) is 1. The normalized spacial score (nSPS) is 24.5. The number of nitrogens with zero attached hydrogens (tertiary/aromatic N) is 1. The third-order valence-electron chi connectivity index (χ3n) is 5.48. The molecule has 1 fully saturated rings. The summed E-state index contributed by atoms with van der Waals surface area (Å²) in [5, 5.41) is 3.02. The van der Waals surface area contributed by atoms with Gasteiger partial charge in [-0.3, -0.25) is 9.59 Å². The van der Waals surface area contributed by atoms with E-state index in [0.717, 1.165) is 30.5 Å². The van der Waals surface area contributed by atoms with E-state index in [1.807, 2.05) is 6.92 Å². The van der Waals surface area contributed by atoms with Crippen LogP contribution in [0.15, 0.2) is 41.3 Å². The van der Waals surface area contributed by atoms with Gasteiger partial charge in [0.15, 0.2) is 0 Å². The molecule has 118 valence electrons. The molecule has 0 radical (unpaired) electrons. The minimum atomic E-state index is -0.0619. The number of amides is 1. The minimum absolute atomic E-state index is 0.0442. The number of pyridine rings is 1. The van der Waals surface area contributed by atoms with Crippen molar-refractivity contribution in [2.24, 2.45) is 13.0 Å². The monoisotopic (exact) mass is 308 g/mol. The highest BCUT2D eigenvalue weighted by atomic mass is 16.2. The van der Waals surface area contributed by atoms with E-state index in [1.54, 1.807) is 19.3 Å². The summed E-state index contributed by atoms with van der Waals surface area (Å²) in [7, 11) is 1.70. The number of aryl methyl sites for hydroxylation is 3. The van der Waals surface area contributed by atoms with Crippen LogP contribution in [0.3, 0.4) is 0 Å². The van der Waals surface area contributed by atoms with E-state index >= 15 is 0 Å². The third kappa shape index (κ3) is 2.12. The van der Waals surface area contributed by atoms with Gasteiger partial charge in [-0.2, -0.15) is 0 Å². The van der Waals surface area contributed by atoms with Gasteiger partial charge in [-0.05, 0) is 42.9 Å². The van der Waals surface area contributed by atoms with Crippen molar-refractivity contribution < 1.29 is 4.79 Å². The van der Waals surface area contributed by atoms with E-state index in [-0.39, 0.29) is 22.8 Å². The van der Waals surface area contributed by atoms with Gasteiger partial charge in [0.2, 0.25) is 5.91 Å². The molecule has 0 saturated heterocycles. The Bertz CT molecular complexity index is 868. The Balaban J connectivity index is 1.57. The lowest BCUT2D eigenvalue weighted by molar-refractivity contribution is -0.117. The molecule has 2 aliphatic rings. The zero-order valence-electron chi connectivity index (χ0n) is 13.4. The first-order valence-electron chi connectivity index (χ1n) is 8.08. The van der Waals surface area contributed by atoms with Crippen LogP contribution in [0.25, 0.3) is 0 Å². The summed E-state index contributed by atoms with van der Waals surface area (Å²) in [5.41, 5.74) is 4.27. The fourth-order valence-electron chi connectivity index (χ4n) is 4.01. The zero-order valence-corrected chi connectivity index (χ0v) is 13.4.